The van der Waals surface area contributed by atoms with E-state index < -0.39 is 0 Å². The fourth-order valence-electron chi connectivity index (χ4n) is 0.514. The van der Waals surface area contributed by atoms with Gasteiger partial charge in [-0.3, -0.25) is 0 Å². The first-order chi connectivity index (χ1) is 8.77. The van der Waals surface area contributed by atoms with Crippen LogP contribution in [-0.4, -0.2) is 28.8 Å². The van der Waals surface area contributed by atoms with E-state index >= 15 is 0 Å². The second-order valence-electron chi connectivity index (χ2n) is 7.17. The number of hydrogen-bond acceptors (Lipinski definition) is 2. The summed E-state index contributed by atoms with van der Waals surface area (Å²) in [5, 5.41) is 15.6. The molecule has 0 atom stereocenters. The van der Waals surface area contributed by atoms with Crippen LogP contribution in [0.2, 0.25) is 0 Å². The minimum Gasteiger partial charge on any atom is -0.400 e. The van der Waals surface area contributed by atoms with Crippen LogP contribution in [0.5, 0.6) is 0 Å². The third kappa shape index (κ3) is 36.1. The molecule has 4 nitrogen and oxygen atoms in total. The molecule has 0 unspecified atom stereocenters. The maximum absolute atomic E-state index is 7.00. The Morgan fingerprint density at radius 3 is 1.05 bits per heavy atom. The average Bonchev–Trinajstić information content (AvgIpc) is 2.25. The molecule has 0 saturated heterocycles. The molecule has 0 saturated carbocycles. The van der Waals surface area contributed by atoms with Crippen LogP contribution in [0.1, 0.15) is 62.3 Å². The minimum atomic E-state index is 0.00387. The van der Waals surface area contributed by atoms with Gasteiger partial charge in [-0.25, -0.2) is 12.4 Å². The van der Waals surface area contributed by atoms with Gasteiger partial charge >= 0.3 is 50.5 Å². The second-order valence-corrected chi connectivity index (χ2v) is 7.89. The van der Waals surface area contributed by atoms with Gasteiger partial charge in [0.2, 0.25) is 0 Å². The van der Waals surface area contributed by atoms with Crippen molar-refractivity contribution < 1.29 is 26.0 Å². The molecule has 0 amide bonds. The molecule has 0 rings (SSSR count). The van der Waals surface area contributed by atoms with Crippen LogP contribution in [0.25, 0.3) is 10.6 Å². The van der Waals surface area contributed by atoms with Gasteiger partial charge in [0, 0.05) is 7.11 Å². The number of aliphatic hydroxyl groups excluding tert-OH is 1. The monoisotopic (exact) mass is 452 g/mol. The summed E-state index contributed by atoms with van der Waals surface area (Å²) < 4.78 is 4.13. The van der Waals surface area contributed by atoms with Gasteiger partial charge in [0.05, 0.1) is 0 Å². The summed E-state index contributed by atoms with van der Waals surface area (Å²) in [6.45, 7) is 18.7. The van der Waals surface area contributed by atoms with Crippen LogP contribution >= 0.6 is 0 Å². The standard InChI is InChI=1S/C10H20N2.C4H9N.CH4O.Ta/c1-9(2,3)11-7-8-12-10(4,5)6;1-4(2,3)5;1-2;/h7-8H,1-6H3;1-3H3;2H,1H3;/q-2;;;. The van der Waals surface area contributed by atoms with E-state index in [1.54, 1.807) is 12.4 Å². The van der Waals surface area contributed by atoms with E-state index in [1.165, 1.54) is 0 Å². The quantitative estimate of drug-likeness (QED) is 0.635. The van der Waals surface area contributed by atoms with Crippen molar-refractivity contribution in [2.75, 3.05) is 7.11 Å². The van der Waals surface area contributed by atoms with Crippen LogP contribution < -0.4 is 0 Å². The molecular formula is C15H33N3OTa-2. The van der Waals surface area contributed by atoms with E-state index in [9.17, 15) is 0 Å². The Hall–Kier alpha value is -0.160. The van der Waals surface area contributed by atoms with E-state index in [0.29, 0.717) is 0 Å². The first-order valence-electron chi connectivity index (χ1n) is 6.67. The van der Waals surface area contributed by atoms with Gasteiger partial charge in [-0.15, -0.1) is 11.1 Å². The molecule has 5 heteroatoms. The Bertz CT molecular complexity index is 240. The molecule has 0 fully saturated rings. The maximum atomic E-state index is 7.00. The molecule has 0 aromatic rings. The van der Waals surface area contributed by atoms with E-state index in [0.717, 1.165) is 28.0 Å². The zero-order chi connectivity index (χ0) is 17.0. The maximum Gasteiger partial charge on any atom is 0.0319 e. The molecule has 20 heavy (non-hydrogen) atoms. The molecule has 0 bridgehead atoms. The van der Waals surface area contributed by atoms with Gasteiger partial charge in [-0.1, -0.05) is 41.5 Å². The van der Waals surface area contributed by atoms with Crippen molar-refractivity contribution in [3.63, 3.8) is 0 Å². The summed E-state index contributed by atoms with van der Waals surface area (Å²) >= 11 is 1.15. The van der Waals surface area contributed by atoms with Gasteiger partial charge in [0.15, 0.2) is 0 Å². The largest absolute Gasteiger partial charge is 0.400 e. The number of nitrogens with zero attached hydrogens (tertiary/aromatic N) is 3. The number of aliphatic hydroxyl groups is 1. The molecule has 0 aliphatic rings. The topological polar surface area (TPSA) is 60.8 Å². The summed E-state index contributed by atoms with van der Waals surface area (Å²) in [6.07, 6.45) is 3.54. The summed E-state index contributed by atoms with van der Waals surface area (Å²) in [6, 6.07) is 0. The predicted molar refractivity (Wildman–Crippen MR) is 85.7 cm³/mol. The van der Waals surface area contributed by atoms with E-state index in [2.05, 4.69) is 76.3 Å². The summed E-state index contributed by atoms with van der Waals surface area (Å²) in [7, 11) is 1.00. The average molecular weight is 452 g/mol. The summed E-state index contributed by atoms with van der Waals surface area (Å²) in [5.74, 6) is 0. The Kier molecular flexibility index (Phi) is 14.3. The van der Waals surface area contributed by atoms with Gasteiger partial charge < -0.3 is 15.7 Å². The van der Waals surface area contributed by atoms with Crippen molar-refractivity contribution in [3.05, 3.63) is 23.0 Å². The van der Waals surface area contributed by atoms with Crippen LogP contribution in [0.4, 0.5) is 0 Å². The number of hydrogen-bond donors (Lipinski definition) is 1. The predicted octanol–water partition coefficient (Wildman–Crippen LogP) is 4.93. The first kappa shape index (κ1) is 24.8. The molecular weight excluding hydrogens is 419 g/mol. The van der Waals surface area contributed by atoms with Crippen molar-refractivity contribution in [3.8, 4) is 0 Å². The minimum absolute atomic E-state index is 0.00387. The molecule has 0 radical (unpaired) electrons. The molecule has 0 aliphatic carbocycles. The fourth-order valence-corrected chi connectivity index (χ4v) is 0.514. The molecule has 0 spiro atoms. The Morgan fingerprint density at radius 1 is 0.750 bits per heavy atom. The molecule has 0 aromatic heterocycles. The molecule has 0 heterocycles. The van der Waals surface area contributed by atoms with E-state index in [-0.39, 0.29) is 16.6 Å². The summed E-state index contributed by atoms with van der Waals surface area (Å²) in [5.41, 5.74) is 0.224. The Labute approximate surface area is 138 Å². The molecule has 121 valence electrons. The van der Waals surface area contributed by atoms with Crippen LogP contribution in [0.15, 0.2) is 15.7 Å². The smallest absolute Gasteiger partial charge is 0.0319 e. The van der Waals surface area contributed by atoms with Gasteiger partial charge in [-0.2, -0.15) is 0 Å². The Balaban J connectivity index is -0.000000304. The molecule has 0 aliphatic heterocycles. The molecule has 0 aromatic carbocycles. The zero-order valence-corrected chi connectivity index (χ0v) is 18.1. The third-order valence-corrected chi connectivity index (χ3v) is 3.45. The van der Waals surface area contributed by atoms with Crippen molar-refractivity contribution in [1.29, 1.82) is 0 Å². The number of rotatable bonds is 2. The van der Waals surface area contributed by atoms with Gasteiger partial charge in [0.25, 0.3) is 0 Å². The third-order valence-electron chi connectivity index (χ3n) is 1.29. The Morgan fingerprint density at radius 2 is 0.950 bits per heavy atom. The van der Waals surface area contributed by atoms with Crippen LogP contribution in [0.3, 0.4) is 0 Å². The zero-order valence-electron chi connectivity index (χ0n) is 14.9. The van der Waals surface area contributed by atoms with Crippen molar-refractivity contribution in [2.45, 2.75) is 78.9 Å². The van der Waals surface area contributed by atoms with Crippen molar-refractivity contribution in [2.24, 2.45) is 3.34 Å². The van der Waals surface area contributed by atoms with Crippen molar-refractivity contribution in [1.82, 2.24) is 0 Å². The van der Waals surface area contributed by atoms with Crippen LogP contribution in [-0.2, 0) is 20.9 Å². The van der Waals surface area contributed by atoms with Crippen LogP contribution in [0, 0.1) is 0 Å². The fraction of sp³-hybridized carbons (Fsp3) is 0.867. The van der Waals surface area contributed by atoms with Gasteiger partial charge in [-0.05, 0) is 0 Å². The van der Waals surface area contributed by atoms with E-state index in [1.807, 2.05) is 0 Å². The molecule has 1 N–H and O–H groups in total. The normalized spacial score (nSPS) is 11.7. The SMILES string of the molecule is CC(C)(C)[N-]C=C[N-]C(C)(C)C.CC(C)(C)[N]=[Ta].CO. The first-order valence-corrected chi connectivity index (χ1v) is 8.10. The van der Waals surface area contributed by atoms with Crippen molar-refractivity contribution >= 4 is 0 Å². The summed E-state index contributed by atoms with van der Waals surface area (Å²) in [4.78, 5) is 0. The van der Waals surface area contributed by atoms with E-state index in [4.69, 9.17) is 5.11 Å². The second kappa shape index (κ2) is 11.5. The van der Waals surface area contributed by atoms with Gasteiger partial charge in [0.1, 0.15) is 0 Å².